The molecule has 0 saturated heterocycles. The Kier molecular flexibility index (Phi) is 11.1. The fourth-order valence-electron chi connectivity index (χ4n) is 2.52. The van der Waals surface area contributed by atoms with E-state index in [4.69, 9.17) is 0 Å². The van der Waals surface area contributed by atoms with Crippen LogP contribution in [0.4, 0.5) is 0 Å². The van der Waals surface area contributed by atoms with Crippen molar-refractivity contribution in [3.05, 3.63) is 11.9 Å². The van der Waals surface area contributed by atoms with Crippen molar-refractivity contribution in [2.45, 2.75) is 54.4 Å². The quantitative estimate of drug-likeness (QED) is 0.459. The molecule has 0 rings (SSSR count). The van der Waals surface area contributed by atoms with Crippen LogP contribution < -0.4 is 0 Å². The zero-order valence-electron chi connectivity index (χ0n) is 11.4. The molecular weight excluding hydrogens is 329 g/mol. The van der Waals surface area contributed by atoms with Crippen LogP contribution in [-0.2, 0) is 18.2 Å². The Bertz CT molecular complexity index is 175. The molecule has 0 fully saturated rings. The summed E-state index contributed by atoms with van der Waals surface area (Å²) in [7, 11) is 7.13. The molecule has 0 aromatic carbocycles. The summed E-state index contributed by atoms with van der Waals surface area (Å²) in [6.07, 6.45) is 4.73. The Balaban J connectivity index is 0. The van der Waals surface area contributed by atoms with Crippen LogP contribution in [0.25, 0.3) is 0 Å². The van der Waals surface area contributed by atoms with Gasteiger partial charge in [-0.3, -0.25) is 0 Å². The van der Waals surface area contributed by atoms with E-state index in [2.05, 4.69) is 90.4 Å². The van der Waals surface area contributed by atoms with Crippen LogP contribution in [0, 0.1) is 16.7 Å². The van der Waals surface area contributed by atoms with Crippen LogP contribution in [0.3, 0.4) is 0 Å². The zero-order chi connectivity index (χ0) is 13.4. The van der Waals surface area contributed by atoms with E-state index in [0.29, 0.717) is 10.8 Å². The van der Waals surface area contributed by atoms with E-state index in [1.165, 1.54) is 12.8 Å². The standard InChI is InChI=1S/C13H27P.ClH.Pd/c1-12(2,3)11(13(4,5)6)9-7-8-10-14;;/h8,10-11H,7,9,14H2,1-6H3;1H;/q;;+1/p-1. The summed E-state index contributed by atoms with van der Waals surface area (Å²) in [6, 6.07) is 0. The van der Waals surface area contributed by atoms with E-state index in [1.807, 2.05) is 0 Å². The van der Waals surface area contributed by atoms with Crippen molar-refractivity contribution in [1.82, 2.24) is 0 Å². The molecule has 1 unspecified atom stereocenters. The summed E-state index contributed by atoms with van der Waals surface area (Å²) in [5.41, 5.74) is 0.819. The fraction of sp³-hybridized carbons (Fsp3) is 0.846. The van der Waals surface area contributed by atoms with E-state index in [9.17, 15) is 0 Å². The molecule has 16 heavy (non-hydrogen) atoms. The van der Waals surface area contributed by atoms with E-state index < -0.39 is 0 Å². The molecule has 0 nitrogen and oxygen atoms in total. The summed E-state index contributed by atoms with van der Waals surface area (Å²) in [6.45, 7) is 14.1. The summed E-state index contributed by atoms with van der Waals surface area (Å²) >= 11 is 2.22. The Hall–Kier alpha value is 1.12. The minimum absolute atomic E-state index is 0.410. The van der Waals surface area contributed by atoms with Crippen LogP contribution >= 0.6 is 18.8 Å². The molecule has 0 spiro atoms. The molecule has 1 atom stereocenters. The number of hydrogen-bond donors (Lipinski definition) is 0. The molecule has 0 aromatic heterocycles. The second-order valence-electron chi connectivity index (χ2n) is 6.29. The molecule has 0 heterocycles. The van der Waals surface area contributed by atoms with Crippen LogP contribution in [0.5, 0.6) is 0 Å². The van der Waals surface area contributed by atoms with Gasteiger partial charge in [-0.05, 0) is 29.6 Å². The topological polar surface area (TPSA) is 0 Å². The van der Waals surface area contributed by atoms with E-state index in [0.717, 1.165) is 5.92 Å². The molecule has 0 N–H and O–H groups in total. The predicted octanol–water partition coefficient (Wildman–Crippen LogP) is 5.55. The third-order valence-electron chi connectivity index (χ3n) is 2.85. The number of hydrogen-bond acceptors (Lipinski definition) is 0. The van der Waals surface area contributed by atoms with Gasteiger partial charge in [0.1, 0.15) is 0 Å². The maximum atomic E-state index is 4.49. The van der Waals surface area contributed by atoms with E-state index in [-0.39, 0.29) is 0 Å². The van der Waals surface area contributed by atoms with Gasteiger partial charge in [-0.1, -0.05) is 53.4 Å². The maximum absolute atomic E-state index is 4.49. The number of rotatable bonds is 3. The average Bonchev–Trinajstić information content (AvgIpc) is 2.11. The number of allylic oxidation sites excluding steroid dienone is 1. The second-order valence-corrected chi connectivity index (χ2v) is 6.68. The first-order chi connectivity index (χ1) is 7.19. The summed E-state index contributed by atoms with van der Waals surface area (Å²) in [4.78, 5) is 0. The predicted molar refractivity (Wildman–Crippen MR) is 76.3 cm³/mol. The van der Waals surface area contributed by atoms with Crippen molar-refractivity contribution in [3.63, 3.8) is 0 Å². The van der Waals surface area contributed by atoms with Crippen molar-refractivity contribution in [3.8, 4) is 0 Å². The van der Waals surface area contributed by atoms with Gasteiger partial charge >= 0.3 is 27.7 Å². The summed E-state index contributed by atoms with van der Waals surface area (Å²) in [5.74, 6) is 2.85. The van der Waals surface area contributed by atoms with Gasteiger partial charge in [0.2, 0.25) is 0 Å². The first-order valence-electron chi connectivity index (χ1n) is 5.68. The zero-order valence-corrected chi connectivity index (χ0v) is 14.9. The van der Waals surface area contributed by atoms with Gasteiger partial charge in [-0.2, -0.15) is 0 Å². The van der Waals surface area contributed by atoms with Gasteiger partial charge in [0.15, 0.2) is 0 Å². The van der Waals surface area contributed by atoms with Gasteiger partial charge in [-0.15, -0.1) is 9.24 Å². The number of halogens is 1. The van der Waals surface area contributed by atoms with E-state index >= 15 is 0 Å². The molecule has 0 aliphatic rings. The van der Waals surface area contributed by atoms with Crippen LogP contribution in [-0.4, -0.2) is 0 Å². The van der Waals surface area contributed by atoms with Gasteiger partial charge in [0, 0.05) is 0 Å². The normalized spacial score (nSPS) is 12.9. The van der Waals surface area contributed by atoms with Crippen LogP contribution in [0.2, 0.25) is 0 Å². The monoisotopic (exact) mass is 355 g/mol. The van der Waals surface area contributed by atoms with Gasteiger partial charge in [0.25, 0.3) is 0 Å². The molecule has 0 amide bonds. The third-order valence-corrected chi connectivity index (χ3v) is 3.12. The molecule has 0 aliphatic carbocycles. The molecule has 0 saturated carbocycles. The van der Waals surface area contributed by atoms with Gasteiger partial charge < -0.3 is 0 Å². The van der Waals surface area contributed by atoms with E-state index in [1.54, 1.807) is 0 Å². The Morgan fingerprint density at radius 1 is 1.06 bits per heavy atom. The molecular formula is C13H27ClPPd. The van der Waals surface area contributed by atoms with Crippen molar-refractivity contribution < 1.29 is 18.2 Å². The first-order valence-corrected chi connectivity index (χ1v) is 8.35. The Morgan fingerprint density at radius 3 is 1.69 bits per heavy atom. The van der Waals surface area contributed by atoms with Gasteiger partial charge in [-0.25, -0.2) is 0 Å². The van der Waals surface area contributed by atoms with Gasteiger partial charge in [0.05, 0.1) is 0 Å². The molecule has 0 radical (unpaired) electrons. The molecule has 0 bridgehead atoms. The van der Waals surface area contributed by atoms with Crippen molar-refractivity contribution in [1.29, 1.82) is 0 Å². The van der Waals surface area contributed by atoms with Crippen molar-refractivity contribution >= 4 is 18.8 Å². The second kappa shape index (κ2) is 9.11. The van der Waals surface area contributed by atoms with Crippen LogP contribution in [0.15, 0.2) is 11.9 Å². The average molecular weight is 356 g/mol. The van der Waals surface area contributed by atoms with Crippen molar-refractivity contribution in [2.24, 2.45) is 16.7 Å². The fourth-order valence-corrected chi connectivity index (χ4v) is 2.72. The molecule has 0 aliphatic heterocycles. The Labute approximate surface area is 120 Å². The molecule has 101 valence electrons. The van der Waals surface area contributed by atoms with Crippen molar-refractivity contribution in [2.75, 3.05) is 0 Å². The summed E-state index contributed by atoms with van der Waals surface area (Å²) in [5, 5.41) is 0. The van der Waals surface area contributed by atoms with Crippen LogP contribution in [0.1, 0.15) is 54.4 Å². The molecule has 0 aromatic rings. The minimum atomic E-state index is 0.410. The SMILES string of the molecule is CC(C)(C)C(CCC=CP)C(C)(C)C.[Cl][Pd]. The third kappa shape index (κ3) is 9.18. The Morgan fingerprint density at radius 2 is 1.44 bits per heavy atom. The first kappa shape index (κ1) is 19.5. The summed E-state index contributed by atoms with van der Waals surface area (Å²) < 4.78 is 0. The molecule has 3 heteroatoms.